The van der Waals surface area contributed by atoms with Gasteiger partial charge in [-0.25, -0.2) is 0 Å². The second-order valence-corrected chi connectivity index (χ2v) is 14.6. The minimum Gasteiger partial charge on any atom is -0.352 e. The third-order valence-electron chi connectivity index (χ3n) is 10.4. The van der Waals surface area contributed by atoms with Crippen molar-refractivity contribution in [3.05, 3.63) is 106 Å². The Bertz CT molecular complexity index is 1500. The summed E-state index contributed by atoms with van der Waals surface area (Å²) < 4.78 is 0. The average molecular weight is 725 g/mol. The number of allylic oxidation sites excluding steroid dienone is 3. The maximum atomic E-state index is 13.7. The summed E-state index contributed by atoms with van der Waals surface area (Å²) in [5, 5.41) is 9.34. The number of fused-ring (bicyclic) bond motifs is 3. The van der Waals surface area contributed by atoms with E-state index in [1.54, 1.807) is 0 Å². The summed E-state index contributed by atoms with van der Waals surface area (Å²) >= 11 is 0. The minimum atomic E-state index is -0.352. The summed E-state index contributed by atoms with van der Waals surface area (Å²) in [5.41, 5.74) is 23.4. The van der Waals surface area contributed by atoms with E-state index < -0.39 is 0 Å². The number of nitrogens with one attached hydrogen (secondary N) is 3. The van der Waals surface area contributed by atoms with E-state index in [9.17, 15) is 14.4 Å². The molecular weight excluding hydrogens is 661 g/mol. The van der Waals surface area contributed by atoms with Crippen LogP contribution in [-0.2, 0) is 4.79 Å². The molecule has 0 aromatic heterocycles. The number of hydrogen-bond donors (Lipinski definition) is 6. The van der Waals surface area contributed by atoms with E-state index >= 15 is 0 Å². The Morgan fingerprint density at radius 3 is 1.34 bits per heavy atom. The van der Waals surface area contributed by atoms with Gasteiger partial charge in [-0.05, 0) is 116 Å². The number of unbranched alkanes of at least 4 members (excludes halogenated alkanes) is 12. The molecule has 53 heavy (non-hydrogen) atoms. The molecule has 2 aromatic carbocycles. The summed E-state index contributed by atoms with van der Waals surface area (Å²) in [4.78, 5) is 40.6. The Morgan fingerprint density at radius 1 is 0.509 bits per heavy atom. The van der Waals surface area contributed by atoms with Crippen molar-refractivity contribution in [2.45, 2.75) is 108 Å². The average Bonchev–Trinajstić information content (AvgIpc) is 3.27. The van der Waals surface area contributed by atoms with Crippen LogP contribution in [0, 0.1) is 0 Å². The SMILES string of the molecule is C=C1/C=C\C(C(=O)NCCCCCCCN)=C/C2c3cc(C(=O)NCCCCCCCN)ccc3C1c1ccc(C(=O)NCCCCCCCN)cc12. The minimum absolute atomic E-state index is 0.118. The van der Waals surface area contributed by atoms with E-state index in [-0.39, 0.29) is 29.6 Å². The van der Waals surface area contributed by atoms with Gasteiger partial charge in [0.05, 0.1) is 0 Å². The highest BCUT2D eigenvalue weighted by atomic mass is 16.2. The van der Waals surface area contributed by atoms with E-state index in [4.69, 9.17) is 17.2 Å². The van der Waals surface area contributed by atoms with Gasteiger partial charge < -0.3 is 33.2 Å². The van der Waals surface area contributed by atoms with Crippen molar-refractivity contribution < 1.29 is 14.4 Å². The summed E-state index contributed by atoms with van der Waals surface area (Å²) in [5.74, 6) is -0.924. The quantitative estimate of drug-likeness (QED) is 0.0666. The lowest BCUT2D eigenvalue weighted by atomic mass is 9.69. The van der Waals surface area contributed by atoms with Crippen LogP contribution in [0.1, 0.15) is 151 Å². The van der Waals surface area contributed by atoms with Crippen molar-refractivity contribution in [3.63, 3.8) is 0 Å². The van der Waals surface area contributed by atoms with Gasteiger partial charge >= 0.3 is 0 Å². The molecule has 9 N–H and O–H groups in total. The molecule has 0 radical (unpaired) electrons. The van der Waals surface area contributed by atoms with Crippen molar-refractivity contribution in [2.75, 3.05) is 39.3 Å². The van der Waals surface area contributed by atoms with E-state index in [1.807, 2.05) is 54.6 Å². The lowest BCUT2D eigenvalue weighted by molar-refractivity contribution is -0.117. The van der Waals surface area contributed by atoms with E-state index in [2.05, 4.69) is 22.5 Å². The largest absolute Gasteiger partial charge is 0.352 e. The Hall–Kier alpha value is -4.05. The Labute approximate surface area is 317 Å². The molecule has 0 atom stereocenters. The summed E-state index contributed by atoms with van der Waals surface area (Å²) in [6.07, 6.45) is 21.4. The number of carbonyl (C=O) groups is 3. The first-order valence-electron chi connectivity index (χ1n) is 20.2. The first kappa shape index (κ1) is 41.7. The fourth-order valence-electron chi connectivity index (χ4n) is 7.40. The zero-order valence-corrected chi connectivity index (χ0v) is 31.9. The molecule has 9 nitrogen and oxygen atoms in total. The van der Waals surface area contributed by atoms with E-state index in [0.717, 1.165) is 124 Å². The van der Waals surface area contributed by atoms with Gasteiger partial charge in [0.25, 0.3) is 17.7 Å². The third kappa shape index (κ3) is 12.5. The van der Waals surface area contributed by atoms with Gasteiger partial charge in [0.15, 0.2) is 0 Å². The third-order valence-corrected chi connectivity index (χ3v) is 10.4. The molecule has 0 spiro atoms. The molecule has 3 amide bonds. The van der Waals surface area contributed by atoms with Crippen molar-refractivity contribution in [2.24, 2.45) is 17.2 Å². The highest BCUT2D eigenvalue weighted by molar-refractivity contribution is 5.98. The van der Waals surface area contributed by atoms with Crippen LogP contribution in [0.3, 0.4) is 0 Å². The lowest BCUT2D eigenvalue weighted by Gasteiger charge is -2.34. The monoisotopic (exact) mass is 725 g/mol. The fraction of sp³-hybridized carbons (Fsp3) is 0.523. The van der Waals surface area contributed by atoms with E-state index in [0.29, 0.717) is 56.0 Å². The van der Waals surface area contributed by atoms with E-state index in [1.165, 1.54) is 0 Å². The molecular formula is C44H64N6O3. The summed E-state index contributed by atoms with van der Waals surface area (Å²) in [6.45, 7) is 8.42. The van der Waals surface area contributed by atoms with Crippen molar-refractivity contribution in [1.82, 2.24) is 16.0 Å². The molecule has 0 saturated carbocycles. The van der Waals surface area contributed by atoms with Gasteiger partial charge in [0.1, 0.15) is 0 Å². The normalized spacial score (nSPS) is 17.4. The lowest BCUT2D eigenvalue weighted by Crippen LogP contribution is -2.27. The smallest absolute Gasteiger partial charge is 0.251 e. The molecule has 0 fully saturated rings. The molecule has 0 unspecified atom stereocenters. The van der Waals surface area contributed by atoms with Gasteiger partial charge in [-0.2, -0.15) is 0 Å². The van der Waals surface area contributed by atoms with Crippen molar-refractivity contribution in [3.8, 4) is 0 Å². The molecule has 2 aromatic rings. The first-order chi connectivity index (χ1) is 25.9. The molecule has 9 heteroatoms. The van der Waals surface area contributed by atoms with Crippen molar-refractivity contribution in [1.29, 1.82) is 0 Å². The molecule has 0 saturated heterocycles. The zero-order valence-electron chi connectivity index (χ0n) is 31.9. The van der Waals surface area contributed by atoms with Gasteiger partial charge in [-0.3, -0.25) is 14.4 Å². The zero-order chi connectivity index (χ0) is 37.8. The number of carbonyl (C=O) groups excluding carboxylic acids is 3. The molecule has 0 heterocycles. The fourth-order valence-corrected chi connectivity index (χ4v) is 7.40. The number of benzene rings is 2. The molecule has 2 aliphatic rings. The molecule has 2 bridgehead atoms. The molecule has 2 aliphatic carbocycles. The maximum Gasteiger partial charge on any atom is 0.251 e. The van der Waals surface area contributed by atoms with Crippen LogP contribution in [0.15, 0.2) is 72.4 Å². The predicted octanol–water partition coefficient (Wildman–Crippen LogP) is 6.62. The van der Waals surface area contributed by atoms with Crippen LogP contribution in [0.25, 0.3) is 0 Å². The second kappa shape index (κ2) is 22.9. The van der Waals surface area contributed by atoms with Crippen LogP contribution >= 0.6 is 0 Å². The van der Waals surface area contributed by atoms with Crippen LogP contribution in [0.4, 0.5) is 0 Å². The van der Waals surface area contributed by atoms with Crippen LogP contribution in [-0.4, -0.2) is 57.0 Å². The number of amides is 3. The maximum absolute atomic E-state index is 13.7. The molecule has 0 aliphatic heterocycles. The Kier molecular flexibility index (Phi) is 18.0. The highest BCUT2D eigenvalue weighted by Crippen LogP contribution is 2.48. The second-order valence-electron chi connectivity index (χ2n) is 14.6. The number of nitrogens with two attached hydrogens (primary N) is 3. The number of hydrogen-bond acceptors (Lipinski definition) is 6. The van der Waals surface area contributed by atoms with Crippen LogP contribution < -0.4 is 33.2 Å². The van der Waals surface area contributed by atoms with Gasteiger partial charge in [0, 0.05) is 48.2 Å². The topological polar surface area (TPSA) is 165 Å². The highest BCUT2D eigenvalue weighted by Gasteiger charge is 2.35. The predicted molar refractivity (Wildman–Crippen MR) is 217 cm³/mol. The van der Waals surface area contributed by atoms with Gasteiger partial charge in [-0.15, -0.1) is 0 Å². The Morgan fingerprint density at radius 2 is 0.906 bits per heavy atom. The summed E-state index contributed by atoms with van der Waals surface area (Å²) in [7, 11) is 0. The first-order valence-corrected chi connectivity index (χ1v) is 20.2. The van der Waals surface area contributed by atoms with Gasteiger partial charge in [-0.1, -0.05) is 88.7 Å². The van der Waals surface area contributed by atoms with Crippen molar-refractivity contribution >= 4 is 17.7 Å². The summed E-state index contributed by atoms with van der Waals surface area (Å²) in [6, 6.07) is 11.8. The molecule has 4 rings (SSSR count). The Balaban J connectivity index is 1.60. The molecule has 288 valence electrons. The van der Waals surface area contributed by atoms with Crippen LogP contribution in [0.2, 0.25) is 0 Å². The number of rotatable bonds is 24. The van der Waals surface area contributed by atoms with Gasteiger partial charge in [0.2, 0.25) is 0 Å². The van der Waals surface area contributed by atoms with Crippen LogP contribution in [0.5, 0.6) is 0 Å². The standard InChI is InChI=1S/C44H64N6O3/c1-32-17-18-33(42(51)48-26-14-8-2-5-11-23-45)31-40-38-29-34(43(52)49-27-15-9-3-6-12-24-46)19-21-36(38)41(32)37-22-20-35(30-39(37)40)44(53)50-28-16-10-4-7-13-25-47/h17-22,29-31,40-41H,1-16,23-28,45-47H2,(H,48,51)(H,49,52)(H,50,53)/b18-17-,33-31+.